The van der Waals surface area contributed by atoms with Crippen molar-refractivity contribution < 1.29 is 0 Å². The van der Waals surface area contributed by atoms with Crippen LogP contribution < -0.4 is 0 Å². The second-order valence-electron chi connectivity index (χ2n) is 3.65. The predicted octanol–water partition coefficient (Wildman–Crippen LogP) is 4.81. The molecule has 2 rings (SSSR count). The monoisotopic (exact) mass is 225 g/mol. The van der Waals surface area contributed by atoms with Crippen LogP contribution in [0.2, 0.25) is 0 Å². The number of nitroso groups, excluding NO2 is 1. The van der Waals surface area contributed by atoms with Gasteiger partial charge in [-0.1, -0.05) is 18.2 Å². The van der Waals surface area contributed by atoms with Gasteiger partial charge in [0.15, 0.2) is 0 Å². The lowest BCUT2D eigenvalue weighted by Crippen LogP contribution is -1.69. The quantitative estimate of drug-likeness (QED) is 0.546. The van der Waals surface area contributed by atoms with Crippen molar-refractivity contribution in [2.75, 3.05) is 0 Å². The zero-order chi connectivity index (χ0) is 12.1. The molecule has 0 spiro atoms. The van der Waals surface area contributed by atoms with Crippen LogP contribution in [0, 0.1) is 11.8 Å². The molecule has 0 N–H and O–H groups in total. The first-order valence-electron chi connectivity index (χ1n) is 5.20. The van der Waals surface area contributed by atoms with Gasteiger partial charge >= 0.3 is 0 Å². The Hall–Kier alpha value is -2.36. The molecule has 0 aliphatic carbocycles. The van der Waals surface area contributed by atoms with Crippen molar-refractivity contribution in [2.24, 2.45) is 15.4 Å². The van der Waals surface area contributed by atoms with Gasteiger partial charge in [-0.3, -0.25) is 0 Å². The van der Waals surface area contributed by atoms with Gasteiger partial charge in [0.2, 0.25) is 0 Å². The molecule has 4 heteroatoms. The van der Waals surface area contributed by atoms with Crippen LogP contribution in [0.1, 0.15) is 5.56 Å². The lowest BCUT2D eigenvalue weighted by atomic mass is 10.2. The van der Waals surface area contributed by atoms with E-state index in [1.807, 2.05) is 31.2 Å². The minimum atomic E-state index is 0.352. The number of hydrogen-bond acceptors (Lipinski definition) is 4. The van der Waals surface area contributed by atoms with Gasteiger partial charge in [0.25, 0.3) is 0 Å². The number of benzene rings is 2. The molecule has 0 aliphatic heterocycles. The maximum absolute atomic E-state index is 10.4. The molecule has 0 unspecified atom stereocenters. The second-order valence-corrected chi connectivity index (χ2v) is 3.65. The molecule has 0 aromatic heterocycles. The Balaban J connectivity index is 2.22. The first kappa shape index (κ1) is 11.1. The average molecular weight is 225 g/mol. The summed E-state index contributed by atoms with van der Waals surface area (Å²) in [5, 5.41) is 11.0. The lowest BCUT2D eigenvalue weighted by molar-refractivity contribution is 1.22. The molecule has 0 saturated carbocycles. The molecule has 0 amide bonds. The Morgan fingerprint density at radius 3 is 2.06 bits per heavy atom. The first-order chi connectivity index (χ1) is 8.28. The van der Waals surface area contributed by atoms with E-state index in [2.05, 4.69) is 15.4 Å². The highest BCUT2D eigenvalue weighted by molar-refractivity contribution is 5.50. The van der Waals surface area contributed by atoms with E-state index in [1.54, 1.807) is 24.3 Å². The van der Waals surface area contributed by atoms with Gasteiger partial charge in [-0.15, -0.1) is 4.91 Å². The van der Waals surface area contributed by atoms with Crippen molar-refractivity contribution in [3.05, 3.63) is 59.0 Å². The maximum Gasteiger partial charge on any atom is 0.110 e. The van der Waals surface area contributed by atoms with Gasteiger partial charge in [-0.05, 0) is 48.0 Å². The van der Waals surface area contributed by atoms with Crippen LogP contribution >= 0.6 is 0 Å². The van der Waals surface area contributed by atoms with Crippen molar-refractivity contribution in [2.45, 2.75) is 6.92 Å². The molecule has 0 atom stereocenters. The highest BCUT2D eigenvalue weighted by atomic mass is 16.3. The Kier molecular flexibility index (Phi) is 3.35. The molecule has 0 bridgehead atoms. The topological polar surface area (TPSA) is 54.1 Å². The van der Waals surface area contributed by atoms with Crippen LogP contribution in [0.3, 0.4) is 0 Å². The zero-order valence-electron chi connectivity index (χ0n) is 9.37. The minimum Gasteiger partial charge on any atom is -0.151 e. The van der Waals surface area contributed by atoms with Crippen LogP contribution in [-0.2, 0) is 0 Å². The average Bonchev–Trinajstić information content (AvgIpc) is 2.37. The van der Waals surface area contributed by atoms with Gasteiger partial charge in [0.05, 0.1) is 11.4 Å². The summed E-state index contributed by atoms with van der Waals surface area (Å²) in [6.07, 6.45) is 0. The summed E-state index contributed by atoms with van der Waals surface area (Å²) < 4.78 is 0. The summed E-state index contributed by atoms with van der Waals surface area (Å²) in [7, 11) is 0. The van der Waals surface area contributed by atoms with E-state index in [4.69, 9.17) is 0 Å². The fourth-order valence-electron chi connectivity index (χ4n) is 1.42. The largest absolute Gasteiger partial charge is 0.151 e. The van der Waals surface area contributed by atoms with Gasteiger partial charge in [-0.2, -0.15) is 10.2 Å². The van der Waals surface area contributed by atoms with E-state index in [1.165, 1.54) is 0 Å². The minimum absolute atomic E-state index is 0.352. The Morgan fingerprint density at radius 1 is 0.824 bits per heavy atom. The fourth-order valence-corrected chi connectivity index (χ4v) is 1.42. The number of hydrogen-bond donors (Lipinski definition) is 0. The summed E-state index contributed by atoms with van der Waals surface area (Å²) in [6, 6.07) is 14.4. The summed E-state index contributed by atoms with van der Waals surface area (Å²) >= 11 is 0. The van der Waals surface area contributed by atoms with Gasteiger partial charge in [-0.25, -0.2) is 0 Å². The Morgan fingerprint density at radius 2 is 1.41 bits per heavy atom. The van der Waals surface area contributed by atoms with Gasteiger partial charge in [0.1, 0.15) is 5.69 Å². The fraction of sp³-hybridized carbons (Fsp3) is 0.0769. The highest BCUT2D eigenvalue weighted by Gasteiger charge is 1.94. The van der Waals surface area contributed by atoms with Crippen LogP contribution in [0.5, 0.6) is 0 Å². The third kappa shape index (κ3) is 3.04. The number of rotatable bonds is 3. The summed E-state index contributed by atoms with van der Waals surface area (Å²) in [5.41, 5.74) is 2.88. The summed E-state index contributed by atoms with van der Waals surface area (Å²) in [6.45, 7) is 2.00. The van der Waals surface area contributed by atoms with Crippen LogP contribution in [0.15, 0.2) is 63.9 Å². The molecule has 2 aromatic rings. The summed E-state index contributed by atoms with van der Waals surface area (Å²) in [5.74, 6) is 0. The SMILES string of the molecule is Cc1cccc(N=Nc2cccc(N=O)c2)c1. The van der Waals surface area contributed by atoms with E-state index < -0.39 is 0 Å². The third-order valence-corrected chi connectivity index (χ3v) is 2.22. The normalized spacial score (nSPS) is 10.6. The second kappa shape index (κ2) is 5.12. The van der Waals surface area contributed by atoms with Crippen molar-refractivity contribution in [3.63, 3.8) is 0 Å². The third-order valence-electron chi connectivity index (χ3n) is 2.22. The van der Waals surface area contributed by atoms with Crippen LogP contribution in [-0.4, -0.2) is 0 Å². The molecular weight excluding hydrogens is 214 g/mol. The molecular formula is C13H11N3O. The van der Waals surface area contributed by atoms with Gasteiger partial charge in [0, 0.05) is 0 Å². The Bertz CT molecular complexity index is 564. The van der Waals surface area contributed by atoms with Crippen molar-refractivity contribution >= 4 is 17.1 Å². The molecule has 2 aromatic carbocycles. The zero-order valence-corrected chi connectivity index (χ0v) is 9.37. The van der Waals surface area contributed by atoms with E-state index in [-0.39, 0.29) is 0 Å². The van der Waals surface area contributed by atoms with E-state index in [0.29, 0.717) is 11.4 Å². The maximum atomic E-state index is 10.4. The Labute approximate surface area is 99.0 Å². The molecule has 0 heterocycles. The van der Waals surface area contributed by atoms with Crippen LogP contribution in [0.4, 0.5) is 17.1 Å². The molecule has 4 nitrogen and oxygen atoms in total. The lowest BCUT2D eigenvalue weighted by Gasteiger charge is -1.95. The molecule has 17 heavy (non-hydrogen) atoms. The van der Waals surface area contributed by atoms with Gasteiger partial charge < -0.3 is 0 Å². The molecule has 0 radical (unpaired) electrons. The molecule has 0 saturated heterocycles. The smallest absolute Gasteiger partial charge is 0.110 e. The number of aryl methyl sites for hydroxylation is 1. The predicted molar refractivity (Wildman–Crippen MR) is 67.3 cm³/mol. The molecule has 0 aliphatic rings. The van der Waals surface area contributed by atoms with E-state index >= 15 is 0 Å². The first-order valence-corrected chi connectivity index (χ1v) is 5.20. The van der Waals surface area contributed by atoms with Crippen molar-refractivity contribution in [1.29, 1.82) is 0 Å². The van der Waals surface area contributed by atoms with E-state index in [9.17, 15) is 4.91 Å². The standard InChI is InChI=1S/C13H11N3O/c1-10-4-2-5-11(8-10)14-15-12-6-3-7-13(9-12)16-17/h2-9H,1H3. The summed E-state index contributed by atoms with van der Waals surface area (Å²) in [4.78, 5) is 10.4. The molecule has 0 fully saturated rings. The van der Waals surface area contributed by atoms with Crippen LogP contribution in [0.25, 0.3) is 0 Å². The van der Waals surface area contributed by atoms with E-state index in [0.717, 1.165) is 11.3 Å². The van der Waals surface area contributed by atoms with Crippen molar-refractivity contribution in [3.8, 4) is 0 Å². The highest BCUT2D eigenvalue weighted by Crippen LogP contribution is 2.22. The van der Waals surface area contributed by atoms with Crippen molar-refractivity contribution in [1.82, 2.24) is 0 Å². The number of nitrogens with zero attached hydrogens (tertiary/aromatic N) is 3. The number of azo groups is 1. The molecule has 84 valence electrons.